The van der Waals surface area contributed by atoms with Gasteiger partial charge in [-0.2, -0.15) is 0 Å². The minimum atomic E-state index is -0.0641. The van der Waals surface area contributed by atoms with Gasteiger partial charge in [-0.05, 0) is 36.0 Å². The average molecular weight is 276 g/mol. The molecule has 1 aromatic carbocycles. The third kappa shape index (κ3) is 6.00. The van der Waals surface area contributed by atoms with Crippen molar-refractivity contribution in [2.75, 3.05) is 0 Å². The molecule has 0 heterocycles. The predicted octanol–water partition coefficient (Wildman–Crippen LogP) is 3.60. The van der Waals surface area contributed by atoms with E-state index in [-0.39, 0.29) is 29.2 Å². The van der Waals surface area contributed by atoms with E-state index in [4.69, 9.17) is 0 Å². The van der Waals surface area contributed by atoms with E-state index in [0.29, 0.717) is 19.3 Å². The van der Waals surface area contributed by atoms with Crippen LogP contribution in [0.3, 0.4) is 0 Å². The number of ketones is 2. The van der Waals surface area contributed by atoms with Crippen LogP contribution in [-0.2, 0) is 16.0 Å². The zero-order valence-electron chi connectivity index (χ0n) is 12.8. The summed E-state index contributed by atoms with van der Waals surface area (Å²) in [5, 5.41) is 9.44. The molecule has 0 atom stereocenters. The Morgan fingerprint density at radius 2 is 1.80 bits per heavy atom. The third-order valence-electron chi connectivity index (χ3n) is 3.08. The monoisotopic (exact) mass is 276 g/mol. The molecule has 3 heteroatoms. The van der Waals surface area contributed by atoms with Crippen molar-refractivity contribution in [2.24, 2.45) is 5.41 Å². The van der Waals surface area contributed by atoms with Gasteiger partial charge in [-0.25, -0.2) is 0 Å². The summed E-state index contributed by atoms with van der Waals surface area (Å²) in [6, 6.07) is 5.33. The Kier molecular flexibility index (Phi) is 5.49. The summed E-state index contributed by atoms with van der Waals surface area (Å²) in [6.07, 6.45) is 1.47. The van der Waals surface area contributed by atoms with E-state index in [2.05, 4.69) is 0 Å². The lowest BCUT2D eigenvalue weighted by Crippen LogP contribution is -2.16. The topological polar surface area (TPSA) is 54.4 Å². The van der Waals surface area contributed by atoms with E-state index >= 15 is 0 Å². The van der Waals surface area contributed by atoms with Crippen molar-refractivity contribution in [1.82, 2.24) is 0 Å². The number of carbonyl (C=O) groups is 2. The molecule has 0 saturated carbocycles. The number of hydrogen-bond acceptors (Lipinski definition) is 3. The molecule has 3 nitrogen and oxygen atoms in total. The molecule has 1 aromatic rings. The predicted molar refractivity (Wildman–Crippen MR) is 79.9 cm³/mol. The average Bonchev–Trinajstić information content (AvgIpc) is 2.28. The van der Waals surface area contributed by atoms with Gasteiger partial charge in [0.05, 0.1) is 6.42 Å². The zero-order chi connectivity index (χ0) is 15.3. The molecule has 1 N–H and O–H groups in total. The summed E-state index contributed by atoms with van der Waals surface area (Å²) in [5.41, 5.74) is 1.75. The van der Waals surface area contributed by atoms with E-state index in [1.807, 2.05) is 39.8 Å². The summed E-state index contributed by atoms with van der Waals surface area (Å²) >= 11 is 0. The molecular weight excluding hydrogens is 252 g/mol. The van der Waals surface area contributed by atoms with Crippen LogP contribution in [0.5, 0.6) is 5.75 Å². The van der Waals surface area contributed by atoms with Crippen LogP contribution in [0.4, 0.5) is 0 Å². The van der Waals surface area contributed by atoms with Gasteiger partial charge in [0, 0.05) is 12.8 Å². The first kappa shape index (κ1) is 16.4. The molecule has 110 valence electrons. The number of aromatic hydroxyl groups is 1. The van der Waals surface area contributed by atoms with Crippen molar-refractivity contribution in [3.63, 3.8) is 0 Å². The van der Waals surface area contributed by atoms with Gasteiger partial charge in [0.15, 0.2) is 0 Å². The van der Waals surface area contributed by atoms with Gasteiger partial charge in [-0.15, -0.1) is 0 Å². The highest BCUT2D eigenvalue weighted by Crippen LogP contribution is 2.20. The number of rotatable bonds is 6. The molecule has 0 amide bonds. The highest BCUT2D eigenvalue weighted by molar-refractivity contribution is 5.99. The first-order chi connectivity index (χ1) is 9.17. The van der Waals surface area contributed by atoms with Gasteiger partial charge in [0.1, 0.15) is 17.3 Å². The first-order valence-electron chi connectivity index (χ1n) is 6.99. The molecule has 0 spiro atoms. The largest absolute Gasteiger partial charge is 0.508 e. The van der Waals surface area contributed by atoms with E-state index in [1.54, 1.807) is 6.07 Å². The number of Topliss-reactive ketones (excluding diaryl/α,β-unsaturated/α-hetero) is 2. The lowest BCUT2D eigenvalue weighted by Gasteiger charge is -2.16. The molecule has 0 fully saturated rings. The second kappa shape index (κ2) is 6.69. The van der Waals surface area contributed by atoms with Crippen LogP contribution in [0.1, 0.15) is 51.2 Å². The van der Waals surface area contributed by atoms with Crippen LogP contribution < -0.4 is 0 Å². The molecule has 1 rings (SSSR count). The molecule has 0 saturated heterocycles. The van der Waals surface area contributed by atoms with Crippen LogP contribution in [0, 0.1) is 12.3 Å². The van der Waals surface area contributed by atoms with Crippen LogP contribution in [0.2, 0.25) is 0 Å². The number of hydrogen-bond donors (Lipinski definition) is 1. The number of aryl methyl sites for hydroxylation is 2. The summed E-state index contributed by atoms with van der Waals surface area (Å²) in [5.74, 6) is 0.273. The van der Waals surface area contributed by atoms with Gasteiger partial charge >= 0.3 is 0 Å². The van der Waals surface area contributed by atoms with Crippen molar-refractivity contribution in [2.45, 2.75) is 53.4 Å². The molecule has 0 aromatic heterocycles. The van der Waals surface area contributed by atoms with Crippen LogP contribution in [-0.4, -0.2) is 16.7 Å². The lowest BCUT2D eigenvalue weighted by atomic mass is 9.88. The molecule has 20 heavy (non-hydrogen) atoms. The summed E-state index contributed by atoms with van der Waals surface area (Å²) in [7, 11) is 0. The van der Waals surface area contributed by atoms with Gasteiger partial charge in [0.25, 0.3) is 0 Å². The molecule has 0 aliphatic carbocycles. The highest BCUT2D eigenvalue weighted by atomic mass is 16.3. The van der Waals surface area contributed by atoms with Gasteiger partial charge in [-0.1, -0.05) is 32.9 Å². The quantitative estimate of drug-likeness (QED) is 0.808. The SMILES string of the molecule is Cc1cc(CCC(=O)CC(=O)CC(C)(C)C)ccc1O. The van der Waals surface area contributed by atoms with Crippen molar-refractivity contribution in [3.8, 4) is 5.75 Å². The van der Waals surface area contributed by atoms with Crippen LogP contribution in [0.15, 0.2) is 18.2 Å². The van der Waals surface area contributed by atoms with Gasteiger partial charge in [0.2, 0.25) is 0 Å². The Hall–Kier alpha value is -1.64. The fourth-order valence-corrected chi connectivity index (χ4v) is 2.12. The Balaban J connectivity index is 2.43. The summed E-state index contributed by atoms with van der Waals surface area (Å²) in [4.78, 5) is 23.5. The third-order valence-corrected chi connectivity index (χ3v) is 3.08. The van der Waals surface area contributed by atoms with Crippen molar-refractivity contribution in [3.05, 3.63) is 29.3 Å². The molecule has 0 bridgehead atoms. The fraction of sp³-hybridized carbons (Fsp3) is 0.529. The maximum atomic E-state index is 11.8. The minimum absolute atomic E-state index is 0.00928. The van der Waals surface area contributed by atoms with Gasteiger partial charge in [-0.3, -0.25) is 9.59 Å². The van der Waals surface area contributed by atoms with E-state index in [0.717, 1.165) is 11.1 Å². The van der Waals surface area contributed by atoms with E-state index < -0.39 is 0 Å². The molecule has 0 radical (unpaired) electrons. The lowest BCUT2D eigenvalue weighted by molar-refractivity contribution is -0.127. The number of phenols is 1. The normalized spacial score (nSPS) is 11.4. The Morgan fingerprint density at radius 3 is 2.35 bits per heavy atom. The standard InChI is InChI=1S/C17H24O3/c1-12-9-13(6-8-16(12)20)5-7-14(18)10-15(19)11-17(2,3)4/h6,8-9,20H,5,7,10-11H2,1-4H3. The van der Waals surface area contributed by atoms with Crippen LogP contribution in [0.25, 0.3) is 0 Å². The molecular formula is C17H24O3. The number of phenolic OH excluding ortho intramolecular Hbond substituents is 1. The second-order valence-electron chi connectivity index (χ2n) is 6.61. The van der Waals surface area contributed by atoms with Crippen molar-refractivity contribution in [1.29, 1.82) is 0 Å². The molecule has 0 aliphatic rings. The Bertz CT molecular complexity index is 495. The second-order valence-corrected chi connectivity index (χ2v) is 6.61. The Labute approximate surface area is 121 Å². The number of carbonyl (C=O) groups excluding carboxylic acids is 2. The smallest absolute Gasteiger partial charge is 0.140 e. The summed E-state index contributed by atoms with van der Waals surface area (Å²) in [6.45, 7) is 7.81. The minimum Gasteiger partial charge on any atom is -0.508 e. The molecule has 0 aliphatic heterocycles. The van der Waals surface area contributed by atoms with Crippen molar-refractivity contribution >= 4 is 11.6 Å². The van der Waals surface area contributed by atoms with Crippen molar-refractivity contribution < 1.29 is 14.7 Å². The first-order valence-corrected chi connectivity index (χ1v) is 6.99. The number of benzene rings is 1. The van der Waals surface area contributed by atoms with E-state index in [9.17, 15) is 14.7 Å². The van der Waals surface area contributed by atoms with Gasteiger partial charge < -0.3 is 5.11 Å². The Morgan fingerprint density at radius 1 is 1.15 bits per heavy atom. The van der Waals surface area contributed by atoms with E-state index in [1.165, 1.54) is 0 Å². The fourth-order valence-electron chi connectivity index (χ4n) is 2.12. The maximum absolute atomic E-state index is 11.8. The van der Waals surface area contributed by atoms with Crippen LogP contribution >= 0.6 is 0 Å². The highest BCUT2D eigenvalue weighted by Gasteiger charge is 2.18. The maximum Gasteiger partial charge on any atom is 0.140 e. The zero-order valence-corrected chi connectivity index (χ0v) is 12.8. The summed E-state index contributed by atoms with van der Waals surface area (Å²) < 4.78 is 0. The molecule has 0 unspecified atom stereocenters.